The van der Waals surface area contributed by atoms with Crippen LogP contribution in [0.4, 0.5) is 10.1 Å². The first kappa shape index (κ1) is 24.3. The fourth-order valence-corrected chi connectivity index (χ4v) is 4.66. The third kappa shape index (κ3) is 5.16. The molecule has 1 aliphatic rings. The first-order valence-corrected chi connectivity index (χ1v) is 11.5. The Bertz CT molecular complexity index is 1300. The van der Waals surface area contributed by atoms with Crippen molar-refractivity contribution < 1.29 is 23.4 Å². The van der Waals surface area contributed by atoms with E-state index in [0.717, 1.165) is 39.1 Å². The highest BCUT2D eigenvalue weighted by atomic mass is 19.1. The molecule has 0 atom stereocenters. The van der Waals surface area contributed by atoms with Crippen molar-refractivity contribution in [2.75, 3.05) is 19.5 Å². The van der Waals surface area contributed by atoms with Crippen LogP contribution in [0.1, 0.15) is 37.5 Å². The molecule has 35 heavy (non-hydrogen) atoms. The quantitative estimate of drug-likeness (QED) is 0.401. The van der Waals surface area contributed by atoms with Gasteiger partial charge in [0, 0.05) is 34.0 Å². The van der Waals surface area contributed by atoms with Crippen molar-refractivity contribution in [2.24, 2.45) is 0 Å². The average molecular weight is 476 g/mol. The number of carbonyl (C=O) groups excluding carboxylic acids is 1. The maximum absolute atomic E-state index is 14.0. The monoisotopic (exact) mass is 475 g/mol. The van der Waals surface area contributed by atoms with Crippen molar-refractivity contribution in [3.8, 4) is 22.6 Å². The van der Waals surface area contributed by atoms with Gasteiger partial charge in [-0.3, -0.25) is 4.79 Å². The lowest BCUT2D eigenvalue weighted by molar-refractivity contribution is -0.139. The van der Waals surface area contributed by atoms with Crippen LogP contribution in [0.15, 0.2) is 60.7 Å². The number of rotatable bonds is 7. The number of hydrogen-bond donors (Lipinski definition) is 1. The zero-order valence-corrected chi connectivity index (χ0v) is 20.7. The molecule has 0 spiro atoms. The summed E-state index contributed by atoms with van der Waals surface area (Å²) in [4.78, 5) is 11.9. The lowest BCUT2D eigenvalue weighted by atomic mass is 9.85. The number of nitrogens with one attached hydrogen (secondary N) is 1. The van der Waals surface area contributed by atoms with Gasteiger partial charge >= 0.3 is 5.97 Å². The van der Waals surface area contributed by atoms with Crippen molar-refractivity contribution >= 4 is 17.2 Å². The SMILES string of the molecule is COC(=O)Cc1ccccc1OCc1c(-c2ccc(F)cc2OC)ccc2c1C(C)=CC(C)(C)N2. The number of anilines is 1. The van der Waals surface area contributed by atoms with Gasteiger partial charge < -0.3 is 19.5 Å². The molecular formula is C29H30FNO4. The van der Waals surface area contributed by atoms with Crippen LogP contribution in [0.2, 0.25) is 0 Å². The third-order valence-corrected chi connectivity index (χ3v) is 6.10. The van der Waals surface area contributed by atoms with Crippen LogP contribution in [-0.2, 0) is 22.6 Å². The van der Waals surface area contributed by atoms with E-state index in [9.17, 15) is 9.18 Å². The minimum absolute atomic E-state index is 0.118. The maximum atomic E-state index is 14.0. The molecule has 1 aliphatic heterocycles. The number of halogens is 1. The lowest BCUT2D eigenvalue weighted by Crippen LogP contribution is -2.32. The van der Waals surface area contributed by atoms with E-state index in [2.05, 4.69) is 32.2 Å². The van der Waals surface area contributed by atoms with E-state index < -0.39 is 0 Å². The van der Waals surface area contributed by atoms with E-state index in [-0.39, 0.29) is 30.4 Å². The summed E-state index contributed by atoms with van der Waals surface area (Å²) >= 11 is 0. The van der Waals surface area contributed by atoms with Gasteiger partial charge in [-0.1, -0.05) is 30.3 Å². The number of ether oxygens (including phenoxy) is 3. The Kier molecular flexibility index (Phi) is 6.83. The van der Waals surface area contributed by atoms with Crippen molar-refractivity contribution in [3.63, 3.8) is 0 Å². The second-order valence-corrected chi connectivity index (χ2v) is 9.18. The van der Waals surface area contributed by atoms with Gasteiger partial charge in [-0.25, -0.2) is 4.39 Å². The van der Waals surface area contributed by atoms with E-state index in [1.807, 2.05) is 36.4 Å². The third-order valence-electron chi connectivity index (χ3n) is 6.10. The zero-order valence-electron chi connectivity index (χ0n) is 20.7. The number of methoxy groups -OCH3 is 2. The number of para-hydroxylation sites is 1. The molecular weight excluding hydrogens is 445 g/mol. The molecule has 1 heterocycles. The molecule has 182 valence electrons. The van der Waals surface area contributed by atoms with Gasteiger partial charge in [0.2, 0.25) is 0 Å². The summed E-state index contributed by atoms with van der Waals surface area (Å²) in [5.41, 5.74) is 6.31. The fourth-order valence-electron chi connectivity index (χ4n) is 4.66. The molecule has 0 aromatic heterocycles. The molecule has 5 nitrogen and oxygen atoms in total. The van der Waals surface area contributed by atoms with Crippen molar-refractivity contribution in [1.29, 1.82) is 0 Å². The van der Waals surface area contributed by atoms with Crippen LogP contribution in [0, 0.1) is 5.82 Å². The van der Waals surface area contributed by atoms with Crippen molar-refractivity contribution in [1.82, 2.24) is 0 Å². The van der Waals surface area contributed by atoms with Gasteiger partial charge in [-0.2, -0.15) is 0 Å². The minimum Gasteiger partial charge on any atom is -0.496 e. The number of fused-ring (bicyclic) bond motifs is 1. The van der Waals surface area contributed by atoms with Gasteiger partial charge in [-0.05, 0) is 56.2 Å². The minimum atomic E-state index is -0.363. The Balaban J connectivity index is 1.82. The van der Waals surface area contributed by atoms with Crippen molar-refractivity contribution in [2.45, 2.75) is 39.3 Å². The largest absolute Gasteiger partial charge is 0.496 e. The molecule has 0 aliphatic carbocycles. The molecule has 4 rings (SSSR count). The topological polar surface area (TPSA) is 56.8 Å². The molecule has 0 saturated heterocycles. The van der Waals surface area contributed by atoms with Crippen LogP contribution in [-0.4, -0.2) is 25.7 Å². The predicted octanol–water partition coefficient (Wildman–Crippen LogP) is 6.40. The predicted molar refractivity (Wildman–Crippen MR) is 136 cm³/mol. The highest BCUT2D eigenvalue weighted by Crippen LogP contribution is 2.43. The summed E-state index contributed by atoms with van der Waals surface area (Å²) < 4.78 is 30.6. The van der Waals surface area contributed by atoms with Crippen LogP contribution >= 0.6 is 0 Å². The van der Waals surface area contributed by atoms with Gasteiger partial charge in [0.1, 0.15) is 23.9 Å². The molecule has 0 unspecified atom stereocenters. The van der Waals surface area contributed by atoms with Crippen LogP contribution in [0.5, 0.6) is 11.5 Å². The van der Waals surface area contributed by atoms with E-state index in [1.165, 1.54) is 26.4 Å². The lowest BCUT2D eigenvalue weighted by Gasteiger charge is -2.33. The first-order chi connectivity index (χ1) is 16.7. The van der Waals surface area contributed by atoms with Crippen molar-refractivity contribution in [3.05, 3.63) is 83.2 Å². The Morgan fingerprint density at radius 3 is 2.49 bits per heavy atom. The molecule has 3 aromatic rings. The summed E-state index contributed by atoms with van der Waals surface area (Å²) in [5.74, 6) is 0.360. The smallest absolute Gasteiger partial charge is 0.310 e. The first-order valence-electron chi connectivity index (χ1n) is 11.5. The fraction of sp³-hybridized carbons (Fsp3) is 0.276. The highest BCUT2D eigenvalue weighted by Gasteiger charge is 2.27. The van der Waals surface area contributed by atoms with Crippen LogP contribution in [0.25, 0.3) is 16.7 Å². The Morgan fingerprint density at radius 2 is 1.74 bits per heavy atom. The highest BCUT2D eigenvalue weighted by molar-refractivity contribution is 5.88. The zero-order chi connectivity index (χ0) is 25.2. The molecule has 3 aromatic carbocycles. The van der Waals surface area contributed by atoms with Gasteiger partial charge in [0.25, 0.3) is 0 Å². The van der Waals surface area contributed by atoms with Gasteiger partial charge in [0.15, 0.2) is 0 Å². The summed E-state index contributed by atoms with van der Waals surface area (Å²) in [6, 6.07) is 16.0. The van der Waals surface area contributed by atoms with Crippen LogP contribution in [0.3, 0.4) is 0 Å². The number of allylic oxidation sites excluding steroid dienone is 1. The molecule has 0 radical (unpaired) electrons. The maximum Gasteiger partial charge on any atom is 0.310 e. The average Bonchev–Trinajstić information content (AvgIpc) is 2.82. The number of benzene rings is 3. The summed E-state index contributed by atoms with van der Waals surface area (Å²) in [7, 11) is 2.90. The Morgan fingerprint density at radius 1 is 1.00 bits per heavy atom. The Hall–Kier alpha value is -3.80. The molecule has 0 saturated carbocycles. The van der Waals surface area contributed by atoms with E-state index in [1.54, 1.807) is 6.07 Å². The second kappa shape index (κ2) is 9.82. The summed E-state index contributed by atoms with van der Waals surface area (Å²) in [6.45, 7) is 6.57. The van der Waals surface area contributed by atoms with Gasteiger partial charge in [-0.15, -0.1) is 0 Å². The van der Waals surface area contributed by atoms with E-state index >= 15 is 0 Å². The molecule has 1 N–H and O–H groups in total. The number of carbonyl (C=O) groups is 1. The van der Waals surface area contributed by atoms with Crippen LogP contribution < -0.4 is 14.8 Å². The standard InChI is InChI=1S/C29H30FNO4/c1-18-16-29(2,3)31-24-13-12-21(22-11-10-20(30)15-26(22)33-4)23(28(18)24)17-35-25-9-7-6-8-19(25)14-27(32)34-5/h6-13,15-16,31H,14,17H2,1-5H3. The second-order valence-electron chi connectivity index (χ2n) is 9.18. The Labute approximate surface area is 205 Å². The number of esters is 1. The molecule has 0 amide bonds. The molecule has 6 heteroatoms. The molecule has 0 fully saturated rings. The van der Waals surface area contributed by atoms with Gasteiger partial charge in [0.05, 0.1) is 26.2 Å². The molecule has 0 bridgehead atoms. The number of hydrogen-bond acceptors (Lipinski definition) is 5. The summed E-state index contributed by atoms with van der Waals surface area (Å²) in [6.07, 6.45) is 2.31. The normalized spacial score (nSPS) is 13.8. The van der Waals surface area contributed by atoms with E-state index in [0.29, 0.717) is 11.5 Å². The summed E-state index contributed by atoms with van der Waals surface area (Å²) in [5, 5.41) is 3.58. The van der Waals surface area contributed by atoms with E-state index in [4.69, 9.17) is 14.2 Å².